The Morgan fingerprint density at radius 1 is 1.35 bits per heavy atom. The monoisotopic (exact) mass is 316 g/mol. The van der Waals surface area contributed by atoms with Crippen molar-refractivity contribution in [1.82, 2.24) is 10.2 Å². The maximum atomic E-state index is 12.7. The fourth-order valence-electron chi connectivity index (χ4n) is 4.02. The Bertz CT molecular complexity index is 548. The number of hydrogen-bond donors (Lipinski definition) is 1. The Morgan fingerprint density at radius 2 is 2.04 bits per heavy atom. The van der Waals surface area contributed by atoms with Crippen LogP contribution in [-0.2, 0) is 4.79 Å². The van der Waals surface area contributed by atoms with Crippen LogP contribution in [0, 0.1) is 0 Å². The molecule has 23 heavy (non-hydrogen) atoms. The van der Waals surface area contributed by atoms with Gasteiger partial charge in [0.25, 0.3) is 0 Å². The van der Waals surface area contributed by atoms with Crippen LogP contribution in [0.5, 0.6) is 5.75 Å². The highest BCUT2D eigenvalue weighted by atomic mass is 16.5. The van der Waals surface area contributed by atoms with Crippen molar-refractivity contribution in [2.45, 2.75) is 63.1 Å². The van der Waals surface area contributed by atoms with Crippen LogP contribution in [0.25, 0.3) is 0 Å². The molecule has 3 unspecified atom stereocenters. The number of benzene rings is 1. The van der Waals surface area contributed by atoms with E-state index in [1.54, 1.807) is 7.11 Å². The number of amides is 1. The standard InChI is InChI=1S/C19H28N2O2/c1-13(14-5-4-6-18(10-14)23-3)9-19(22)21(2)17-11-15-7-8-16(12-17)20-15/h4-6,10,13,15-17,20H,7-9,11-12H2,1-3H3. The Balaban J connectivity index is 1.59. The van der Waals surface area contributed by atoms with Gasteiger partial charge in [-0.3, -0.25) is 4.79 Å². The lowest BCUT2D eigenvalue weighted by Crippen LogP contribution is -2.48. The van der Waals surface area contributed by atoms with Crippen LogP contribution in [0.4, 0.5) is 0 Å². The molecule has 0 saturated carbocycles. The summed E-state index contributed by atoms with van der Waals surface area (Å²) in [7, 11) is 3.66. The summed E-state index contributed by atoms with van der Waals surface area (Å²) >= 11 is 0. The van der Waals surface area contributed by atoms with Gasteiger partial charge in [0.15, 0.2) is 0 Å². The topological polar surface area (TPSA) is 41.6 Å². The van der Waals surface area contributed by atoms with E-state index in [1.165, 1.54) is 12.8 Å². The summed E-state index contributed by atoms with van der Waals surface area (Å²) < 4.78 is 5.28. The van der Waals surface area contributed by atoms with Gasteiger partial charge < -0.3 is 15.0 Å². The van der Waals surface area contributed by atoms with Crippen molar-refractivity contribution < 1.29 is 9.53 Å². The average molecular weight is 316 g/mol. The van der Waals surface area contributed by atoms with Crippen LogP contribution < -0.4 is 10.1 Å². The molecule has 2 heterocycles. The summed E-state index contributed by atoms with van der Waals surface area (Å²) in [4.78, 5) is 14.7. The molecule has 2 aliphatic rings. The maximum absolute atomic E-state index is 12.7. The van der Waals surface area contributed by atoms with E-state index in [9.17, 15) is 4.79 Å². The highest BCUT2D eigenvalue weighted by Crippen LogP contribution is 2.30. The largest absolute Gasteiger partial charge is 0.497 e. The molecule has 1 aromatic rings. The molecular weight excluding hydrogens is 288 g/mol. The third kappa shape index (κ3) is 3.69. The normalized spacial score (nSPS) is 27.5. The number of methoxy groups -OCH3 is 1. The Morgan fingerprint density at radius 3 is 2.70 bits per heavy atom. The lowest BCUT2D eigenvalue weighted by atomic mass is 9.95. The van der Waals surface area contributed by atoms with E-state index in [2.05, 4.69) is 18.3 Å². The van der Waals surface area contributed by atoms with Crippen molar-refractivity contribution in [2.75, 3.05) is 14.2 Å². The summed E-state index contributed by atoms with van der Waals surface area (Å²) in [5.74, 6) is 1.31. The van der Waals surface area contributed by atoms with Crippen molar-refractivity contribution in [3.05, 3.63) is 29.8 Å². The third-order valence-corrected chi connectivity index (χ3v) is 5.53. The predicted octanol–water partition coefficient (Wildman–Crippen LogP) is 2.93. The van der Waals surface area contributed by atoms with Gasteiger partial charge in [-0.25, -0.2) is 0 Å². The van der Waals surface area contributed by atoms with E-state index in [0.717, 1.165) is 24.2 Å². The smallest absolute Gasteiger partial charge is 0.223 e. The van der Waals surface area contributed by atoms with Crippen LogP contribution in [0.15, 0.2) is 24.3 Å². The van der Waals surface area contributed by atoms with Gasteiger partial charge in [0.2, 0.25) is 5.91 Å². The Hall–Kier alpha value is -1.55. The fraction of sp³-hybridized carbons (Fsp3) is 0.632. The molecule has 2 bridgehead atoms. The summed E-state index contributed by atoms with van der Waals surface area (Å²) in [6, 6.07) is 9.67. The number of carbonyl (C=O) groups is 1. The van der Waals surface area contributed by atoms with E-state index in [1.807, 2.05) is 30.1 Å². The van der Waals surface area contributed by atoms with Crippen molar-refractivity contribution in [1.29, 1.82) is 0 Å². The first-order valence-corrected chi connectivity index (χ1v) is 8.72. The van der Waals surface area contributed by atoms with Crippen molar-refractivity contribution in [3.63, 3.8) is 0 Å². The molecule has 126 valence electrons. The number of fused-ring (bicyclic) bond motifs is 2. The van der Waals surface area contributed by atoms with Gasteiger partial charge in [-0.05, 0) is 49.3 Å². The Kier molecular flexibility index (Phi) is 4.90. The first kappa shape index (κ1) is 16.3. The molecule has 4 nitrogen and oxygen atoms in total. The molecule has 1 amide bonds. The average Bonchev–Trinajstić information content (AvgIpc) is 2.92. The van der Waals surface area contributed by atoms with Gasteiger partial charge in [0, 0.05) is 31.6 Å². The molecular formula is C19H28N2O2. The number of piperidine rings is 1. The molecule has 3 rings (SSSR count). The highest BCUT2D eigenvalue weighted by molar-refractivity contribution is 5.77. The molecule has 2 aliphatic heterocycles. The first-order chi connectivity index (χ1) is 11.1. The maximum Gasteiger partial charge on any atom is 0.223 e. The Labute approximate surface area is 139 Å². The van der Waals surface area contributed by atoms with E-state index in [-0.39, 0.29) is 11.8 Å². The van der Waals surface area contributed by atoms with Crippen LogP contribution in [0.1, 0.15) is 50.5 Å². The summed E-state index contributed by atoms with van der Waals surface area (Å²) in [6.07, 6.45) is 5.30. The van der Waals surface area contributed by atoms with Crippen LogP contribution in [0.2, 0.25) is 0 Å². The van der Waals surface area contributed by atoms with E-state index in [0.29, 0.717) is 24.5 Å². The highest BCUT2D eigenvalue weighted by Gasteiger charge is 2.36. The van der Waals surface area contributed by atoms with Gasteiger partial charge in [-0.1, -0.05) is 19.1 Å². The zero-order valence-electron chi connectivity index (χ0n) is 14.4. The van der Waals surface area contributed by atoms with Gasteiger partial charge in [0.1, 0.15) is 5.75 Å². The molecule has 4 heteroatoms. The summed E-state index contributed by atoms with van der Waals surface area (Å²) in [5, 5.41) is 3.64. The molecule has 1 N–H and O–H groups in total. The zero-order chi connectivity index (χ0) is 16.4. The summed E-state index contributed by atoms with van der Waals surface area (Å²) in [5.41, 5.74) is 1.16. The van der Waals surface area contributed by atoms with Crippen LogP contribution >= 0.6 is 0 Å². The minimum atomic E-state index is 0.207. The second kappa shape index (κ2) is 6.91. The molecule has 0 aromatic heterocycles. The number of nitrogens with zero attached hydrogens (tertiary/aromatic N) is 1. The summed E-state index contributed by atoms with van der Waals surface area (Å²) in [6.45, 7) is 2.12. The molecule has 2 fully saturated rings. The second-order valence-electron chi connectivity index (χ2n) is 7.15. The second-order valence-corrected chi connectivity index (χ2v) is 7.15. The zero-order valence-corrected chi connectivity index (χ0v) is 14.4. The number of hydrogen-bond acceptors (Lipinski definition) is 3. The fourth-order valence-corrected chi connectivity index (χ4v) is 4.02. The van der Waals surface area contributed by atoms with Gasteiger partial charge in [0.05, 0.1) is 7.11 Å². The number of carbonyl (C=O) groups excluding carboxylic acids is 1. The molecule has 0 spiro atoms. The third-order valence-electron chi connectivity index (χ3n) is 5.53. The van der Waals surface area contributed by atoms with Gasteiger partial charge >= 0.3 is 0 Å². The van der Waals surface area contributed by atoms with Gasteiger partial charge in [-0.15, -0.1) is 0 Å². The molecule has 0 radical (unpaired) electrons. The van der Waals surface area contributed by atoms with Crippen molar-refractivity contribution in [3.8, 4) is 5.75 Å². The predicted molar refractivity (Wildman–Crippen MR) is 91.8 cm³/mol. The molecule has 1 aromatic carbocycles. The first-order valence-electron chi connectivity index (χ1n) is 8.72. The minimum Gasteiger partial charge on any atom is -0.497 e. The molecule has 2 saturated heterocycles. The molecule has 0 aliphatic carbocycles. The van der Waals surface area contributed by atoms with E-state index >= 15 is 0 Å². The number of ether oxygens (including phenoxy) is 1. The van der Waals surface area contributed by atoms with E-state index < -0.39 is 0 Å². The minimum absolute atomic E-state index is 0.207. The quantitative estimate of drug-likeness (QED) is 0.908. The van der Waals surface area contributed by atoms with Crippen LogP contribution in [-0.4, -0.2) is 43.1 Å². The van der Waals surface area contributed by atoms with Gasteiger partial charge in [-0.2, -0.15) is 0 Å². The SMILES string of the molecule is COc1cccc(C(C)CC(=O)N(C)C2CC3CCC(C2)N3)c1. The lowest BCUT2D eigenvalue weighted by Gasteiger charge is -2.36. The van der Waals surface area contributed by atoms with Crippen molar-refractivity contribution in [2.24, 2.45) is 0 Å². The van der Waals surface area contributed by atoms with Crippen LogP contribution in [0.3, 0.4) is 0 Å². The van der Waals surface area contributed by atoms with Crippen molar-refractivity contribution >= 4 is 5.91 Å². The van der Waals surface area contributed by atoms with E-state index in [4.69, 9.17) is 4.74 Å². The molecule has 3 atom stereocenters. The number of rotatable bonds is 5. The lowest BCUT2D eigenvalue weighted by molar-refractivity contribution is -0.133. The number of nitrogens with one attached hydrogen (secondary N) is 1.